The average molecular weight is 347 g/mol. The first-order valence-corrected chi connectivity index (χ1v) is 8.17. The van der Waals surface area contributed by atoms with Gasteiger partial charge in [-0.05, 0) is 35.4 Å². The van der Waals surface area contributed by atoms with Gasteiger partial charge >= 0.3 is 0 Å². The minimum absolute atomic E-state index is 0.204. The minimum atomic E-state index is -0.451. The quantitative estimate of drug-likeness (QED) is 0.701. The Morgan fingerprint density at radius 1 is 0.960 bits per heavy atom. The van der Waals surface area contributed by atoms with Crippen LogP contribution in [-0.2, 0) is 0 Å². The summed E-state index contributed by atoms with van der Waals surface area (Å²) in [6.07, 6.45) is 0. The molecule has 0 fully saturated rings. The molecule has 0 aliphatic heterocycles. The van der Waals surface area contributed by atoms with Gasteiger partial charge in [0.05, 0.1) is 12.0 Å². The number of amides is 1. The molecule has 1 amide bonds. The summed E-state index contributed by atoms with van der Waals surface area (Å²) in [5.41, 5.74) is 2.76. The molecule has 4 heteroatoms. The van der Waals surface area contributed by atoms with E-state index in [4.69, 9.17) is 11.6 Å². The van der Waals surface area contributed by atoms with E-state index in [1.807, 2.05) is 48.5 Å². The first-order valence-electron chi connectivity index (χ1n) is 7.79. The Labute approximate surface area is 151 Å². The molecular formula is C21H15ClN2O. The normalized spacial score (nSPS) is 11.4. The van der Waals surface area contributed by atoms with Crippen molar-refractivity contribution in [2.75, 3.05) is 5.32 Å². The van der Waals surface area contributed by atoms with Crippen LogP contribution in [0.2, 0.25) is 5.02 Å². The number of nitrogens with zero attached hydrogens (tertiary/aromatic N) is 1. The maximum atomic E-state index is 12.2. The van der Waals surface area contributed by atoms with Crippen molar-refractivity contribution >= 4 is 23.2 Å². The number of carbonyl (C=O) groups is 1. The number of halogens is 1. The molecule has 0 aliphatic rings. The standard InChI is InChI=1S/C21H15ClN2O/c22-20-13-17(24-21(25)16-9-5-2-6-10-16)11-12-18(20)19(14-23)15-7-3-1-4-8-15/h1-13,19H,(H,24,25). The molecule has 0 aromatic heterocycles. The molecule has 3 rings (SSSR count). The van der Waals surface area contributed by atoms with E-state index in [0.29, 0.717) is 21.8 Å². The second kappa shape index (κ2) is 7.65. The van der Waals surface area contributed by atoms with Crippen LogP contribution in [0.1, 0.15) is 27.4 Å². The van der Waals surface area contributed by atoms with E-state index in [1.54, 1.807) is 30.3 Å². The molecule has 0 aliphatic carbocycles. The summed E-state index contributed by atoms with van der Waals surface area (Å²) in [5.74, 6) is -0.656. The van der Waals surface area contributed by atoms with Crippen molar-refractivity contribution in [1.82, 2.24) is 0 Å². The number of carbonyl (C=O) groups excluding carboxylic acids is 1. The molecule has 3 aromatic carbocycles. The van der Waals surface area contributed by atoms with Gasteiger partial charge in [-0.3, -0.25) is 4.79 Å². The highest BCUT2D eigenvalue weighted by atomic mass is 35.5. The molecule has 0 bridgehead atoms. The third-order valence-corrected chi connectivity index (χ3v) is 4.19. The Hall–Kier alpha value is -3.09. The zero-order valence-corrected chi connectivity index (χ0v) is 14.1. The summed E-state index contributed by atoms with van der Waals surface area (Å²) in [4.78, 5) is 12.2. The molecule has 0 radical (unpaired) electrons. The molecule has 25 heavy (non-hydrogen) atoms. The molecule has 3 aromatic rings. The molecule has 0 saturated carbocycles. The topological polar surface area (TPSA) is 52.9 Å². The molecule has 0 saturated heterocycles. The molecule has 1 unspecified atom stereocenters. The lowest BCUT2D eigenvalue weighted by Gasteiger charge is -2.13. The van der Waals surface area contributed by atoms with E-state index in [0.717, 1.165) is 5.56 Å². The van der Waals surface area contributed by atoms with Crippen LogP contribution in [0, 0.1) is 11.3 Å². The van der Waals surface area contributed by atoms with Gasteiger partial charge in [0.25, 0.3) is 5.91 Å². The monoisotopic (exact) mass is 346 g/mol. The van der Waals surface area contributed by atoms with E-state index in [-0.39, 0.29) is 5.91 Å². The molecule has 0 spiro atoms. The Morgan fingerprint density at radius 2 is 1.60 bits per heavy atom. The second-order valence-corrected chi connectivity index (χ2v) is 5.94. The van der Waals surface area contributed by atoms with E-state index < -0.39 is 5.92 Å². The zero-order chi connectivity index (χ0) is 17.6. The summed E-state index contributed by atoms with van der Waals surface area (Å²) in [6, 6.07) is 25.9. The Morgan fingerprint density at radius 3 is 2.20 bits per heavy atom. The molecular weight excluding hydrogens is 332 g/mol. The largest absolute Gasteiger partial charge is 0.322 e. The first-order chi connectivity index (χ1) is 12.2. The van der Waals surface area contributed by atoms with Gasteiger partial charge in [-0.25, -0.2) is 0 Å². The first kappa shape index (κ1) is 16.8. The van der Waals surface area contributed by atoms with Crippen LogP contribution in [0.4, 0.5) is 5.69 Å². The minimum Gasteiger partial charge on any atom is -0.322 e. The summed E-state index contributed by atoms with van der Waals surface area (Å²) in [6.45, 7) is 0. The van der Waals surface area contributed by atoms with E-state index in [9.17, 15) is 10.1 Å². The molecule has 1 atom stereocenters. The number of nitriles is 1. The maximum Gasteiger partial charge on any atom is 0.255 e. The van der Waals surface area contributed by atoms with E-state index in [2.05, 4.69) is 11.4 Å². The smallest absolute Gasteiger partial charge is 0.255 e. The van der Waals surface area contributed by atoms with Crippen LogP contribution in [-0.4, -0.2) is 5.91 Å². The van der Waals surface area contributed by atoms with Crippen molar-refractivity contribution < 1.29 is 4.79 Å². The van der Waals surface area contributed by atoms with Gasteiger partial charge in [0.1, 0.15) is 0 Å². The van der Waals surface area contributed by atoms with E-state index >= 15 is 0 Å². The molecule has 0 heterocycles. The number of anilines is 1. The summed E-state index contributed by atoms with van der Waals surface area (Å²) >= 11 is 6.38. The van der Waals surface area contributed by atoms with Gasteiger partial charge in [0.2, 0.25) is 0 Å². The number of benzene rings is 3. The van der Waals surface area contributed by atoms with Gasteiger partial charge in [0.15, 0.2) is 0 Å². The highest BCUT2D eigenvalue weighted by Crippen LogP contribution is 2.31. The average Bonchev–Trinajstić information content (AvgIpc) is 2.65. The third kappa shape index (κ3) is 3.88. The Balaban J connectivity index is 1.84. The Kier molecular flexibility index (Phi) is 5.13. The van der Waals surface area contributed by atoms with Crippen LogP contribution in [0.5, 0.6) is 0 Å². The number of hydrogen-bond acceptors (Lipinski definition) is 2. The van der Waals surface area contributed by atoms with Crippen LogP contribution < -0.4 is 5.32 Å². The predicted octanol–water partition coefficient (Wildman–Crippen LogP) is 5.25. The molecule has 1 N–H and O–H groups in total. The number of rotatable bonds is 4. The SMILES string of the molecule is N#CC(c1ccccc1)c1ccc(NC(=O)c2ccccc2)cc1Cl. The van der Waals surface area contributed by atoms with Crippen LogP contribution in [0.25, 0.3) is 0 Å². The van der Waals surface area contributed by atoms with Crippen molar-refractivity contribution in [2.45, 2.75) is 5.92 Å². The van der Waals surface area contributed by atoms with Gasteiger partial charge < -0.3 is 5.32 Å². The summed E-state index contributed by atoms with van der Waals surface area (Å²) in [7, 11) is 0. The van der Waals surface area contributed by atoms with Crippen molar-refractivity contribution in [2.24, 2.45) is 0 Å². The lowest BCUT2D eigenvalue weighted by Crippen LogP contribution is -2.11. The lowest BCUT2D eigenvalue weighted by atomic mass is 9.92. The fourth-order valence-corrected chi connectivity index (χ4v) is 2.89. The second-order valence-electron chi connectivity index (χ2n) is 5.53. The highest BCUT2D eigenvalue weighted by Gasteiger charge is 2.17. The maximum absolute atomic E-state index is 12.2. The van der Waals surface area contributed by atoms with Crippen molar-refractivity contribution in [3.05, 3.63) is 101 Å². The Bertz CT molecular complexity index is 918. The lowest BCUT2D eigenvalue weighted by molar-refractivity contribution is 0.102. The summed E-state index contributed by atoms with van der Waals surface area (Å²) < 4.78 is 0. The van der Waals surface area contributed by atoms with Crippen molar-refractivity contribution in [1.29, 1.82) is 5.26 Å². The number of hydrogen-bond donors (Lipinski definition) is 1. The van der Waals surface area contributed by atoms with E-state index in [1.165, 1.54) is 0 Å². The number of nitrogens with one attached hydrogen (secondary N) is 1. The van der Waals surface area contributed by atoms with Crippen molar-refractivity contribution in [3.8, 4) is 6.07 Å². The van der Waals surface area contributed by atoms with Gasteiger partial charge in [0, 0.05) is 16.3 Å². The third-order valence-electron chi connectivity index (χ3n) is 3.87. The fraction of sp³-hybridized carbons (Fsp3) is 0.0476. The van der Waals surface area contributed by atoms with Crippen LogP contribution in [0.3, 0.4) is 0 Å². The van der Waals surface area contributed by atoms with Crippen LogP contribution in [0.15, 0.2) is 78.9 Å². The van der Waals surface area contributed by atoms with Gasteiger partial charge in [-0.15, -0.1) is 0 Å². The fourth-order valence-electron chi connectivity index (χ4n) is 2.60. The zero-order valence-electron chi connectivity index (χ0n) is 13.3. The molecule has 3 nitrogen and oxygen atoms in total. The highest BCUT2D eigenvalue weighted by molar-refractivity contribution is 6.31. The predicted molar refractivity (Wildman–Crippen MR) is 99.7 cm³/mol. The summed E-state index contributed by atoms with van der Waals surface area (Å²) in [5, 5.41) is 12.8. The van der Waals surface area contributed by atoms with Crippen molar-refractivity contribution in [3.63, 3.8) is 0 Å². The van der Waals surface area contributed by atoms with Gasteiger partial charge in [-0.2, -0.15) is 5.26 Å². The molecule has 122 valence electrons. The van der Waals surface area contributed by atoms with Crippen LogP contribution >= 0.6 is 11.6 Å². The van der Waals surface area contributed by atoms with Gasteiger partial charge in [-0.1, -0.05) is 66.2 Å².